The normalized spacial score (nSPS) is 19.2. The van der Waals surface area contributed by atoms with Crippen molar-refractivity contribution in [3.05, 3.63) is 36.9 Å². The lowest BCUT2D eigenvalue weighted by Gasteiger charge is -2.20. The second-order valence-corrected chi connectivity index (χ2v) is 4.23. The number of pyridine rings is 1. The average Bonchev–Trinajstić information content (AvgIpc) is 2.85. The van der Waals surface area contributed by atoms with Crippen LogP contribution in [0.25, 0.3) is 11.0 Å². The smallest absolute Gasteiger partial charge is 0.137 e. The Kier molecular flexibility index (Phi) is 2.69. The van der Waals surface area contributed by atoms with Crippen LogP contribution in [0.2, 0.25) is 0 Å². The average molecular weight is 229 g/mol. The Morgan fingerprint density at radius 2 is 2.53 bits per heavy atom. The van der Waals surface area contributed by atoms with Gasteiger partial charge >= 0.3 is 0 Å². The zero-order valence-corrected chi connectivity index (χ0v) is 9.52. The Morgan fingerprint density at radius 3 is 3.41 bits per heavy atom. The van der Waals surface area contributed by atoms with E-state index in [1.165, 1.54) is 0 Å². The first-order chi connectivity index (χ1) is 8.42. The molecule has 0 saturated heterocycles. The van der Waals surface area contributed by atoms with Crippen LogP contribution < -0.4 is 5.32 Å². The van der Waals surface area contributed by atoms with Gasteiger partial charge < -0.3 is 15.0 Å². The number of anilines is 1. The summed E-state index contributed by atoms with van der Waals surface area (Å²) in [5, 5.41) is 4.49. The van der Waals surface area contributed by atoms with Crippen LogP contribution in [0.3, 0.4) is 0 Å². The van der Waals surface area contributed by atoms with Crippen molar-refractivity contribution in [3.8, 4) is 0 Å². The summed E-state index contributed by atoms with van der Waals surface area (Å²) in [6.45, 7) is 0.821. The van der Waals surface area contributed by atoms with Gasteiger partial charge in [-0.15, -0.1) is 0 Å². The van der Waals surface area contributed by atoms with E-state index < -0.39 is 0 Å². The van der Waals surface area contributed by atoms with Crippen molar-refractivity contribution in [3.63, 3.8) is 0 Å². The summed E-state index contributed by atoms with van der Waals surface area (Å²) in [5.74, 6) is 0. The van der Waals surface area contributed by atoms with Gasteiger partial charge in [-0.05, 0) is 31.1 Å². The maximum atomic E-state index is 5.50. The van der Waals surface area contributed by atoms with Crippen LogP contribution in [0.5, 0.6) is 0 Å². The Balaban J connectivity index is 1.65. The Bertz CT molecular complexity index is 532. The second kappa shape index (κ2) is 4.49. The third kappa shape index (κ3) is 2.25. The predicted molar refractivity (Wildman–Crippen MR) is 67.8 cm³/mol. The number of nitrogens with zero attached hydrogens (tertiary/aromatic N) is 1. The molecule has 0 aromatic carbocycles. The Morgan fingerprint density at radius 1 is 1.53 bits per heavy atom. The summed E-state index contributed by atoms with van der Waals surface area (Å²) in [4.78, 5) is 7.41. The molecule has 0 fully saturated rings. The maximum absolute atomic E-state index is 5.50. The molecular formula is C13H15N3O. The number of allylic oxidation sites excluding steroid dienone is 1. The van der Waals surface area contributed by atoms with Crippen molar-refractivity contribution < 1.29 is 4.74 Å². The molecule has 17 heavy (non-hydrogen) atoms. The molecule has 2 aromatic heterocycles. The molecule has 0 spiro atoms. The molecule has 3 rings (SSSR count). The van der Waals surface area contributed by atoms with Crippen molar-refractivity contribution in [2.45, 2.75) is 18.9 Å². The molecule has 4 heteroatoms. The number of hydrogen-bond donors (Lipinski definition) is 2. The number of nitrogens with one attached hydrogen (secondary N) is 2. The standard InChI is InChI=1S/C13H15N3O/c1-2-6-17-12(3-1)9-15-11-7-10-4-5-14-13(10)16-8-11/h2,4-8,12,15H,1,3,9H2,(H,14,16). The van der Waals surface area contributed by atoms with Gasteiger partial charge in [-0.25, -0.2) is 4.98 Å². The molecule has 1 aliphatic heterocycles. The van der Waals surface area contributed by atoms with Crippen LogP contribution >= 0.6 is 0 Å². The van der Waals surface area contributed by atoms with Crippen LogP contribution in [0, 0.1) is 0 Å². The van der Waals surface area contributed by atoms with E-state index in [0.717, 1.165) is 36.1 Å². The van der Waals surface area contributed by atoms with Crippen LogP contribution in [-0.4, -0.2) is 22.6 Å². The zero-order chi connectivity index (χ0) is 11.5. The molecule has 1 aliphatic rings. The minimum atomic E-state index is 0.266. The number of H-pyrrole nitrogens is 1. The van der Waals surface area contributed by atoms with Crippen LogP contribution in [0.4, 0.5) is 5.69 Å². The molecule has 2 aromatic rings. The topological polar surface area (TPSA) is 49.9 Å². The molecule has 0 aliphatic carbocycles. The van der Waals surface area contributed by atoms with Gasteiger partial charge in [0, 0.05) is 11.6 Å². The highest BCUT2D eigenvalue weighted by Crippen LogP contribution is 2.16. The lowest BCUT2D eigenvalue weighted by molar-refractivity contribution is 0.135. The van der Waals surface area contributed by atoms with E-state index in [9.17, 15) is 0 Å². The number of hydrogen-bond acceptors (Lipinski definition) is 3. The molecule has 0 bridgehead atoms. The number of aromatic nitrogens is 2. The van der Waals surface area contributed by atoms with Gasteiger partial charge in [-0.2, -0.15) is 0 Å². The van der Waals surface area contributed by atoms with E-state index in [2.05, 4.69) is 27.4 Å². The van der Waals surface area contributed by atoms with Gasteiger partial charge in [0.05, 0.1) is 24.7 Å². The maximum Gasteiger partial charge on any atom is 0.137 e. The molecule has 0 amide bonds. The molecule has 4 nitrogen and oxygen atoms in total. The minimum absolute atomic E-state index is 0.266. The lowest BCUT2D eigenvalue weighted by Crippen LogP contribution is -2.22. The summed E-state index contributed by atoms with van der Waals surface area (Å²) in [6.07, 6.45) is 10.0. The Labute approximate surface area is 99.7 Å². The molecule has 0 saturated carbocycles. The van der Waals surface area contributed by atoms with Crippen molar-refractivity contribution >= 4 is 16.7 Å². The monoisotopic (exact) mass is 229 g/mol. The molecule has 3 heterocycles. The highest BCUT2D eigenvalue weighted by Gasteiger charge is 2.10. The van der Waals surface area contributed by atoms with E-state index in [1.807, 2.05) is 18.5 Å². The molecule has 1 atom stereocenters. The number of rotatable bonds is 3. The molecule has 88 valence electrons. The van der Waals surface area contributed by atoms with Gasteiger partial charge in [0.15, 0.2) is 0 Å². The minimum Gasteiger partial charge on any atom is -0.497 e. The van der Waals surface area contributed by atoms with E-state index in [0.29, 0.717) is 0 Å². The first-order valence-electron chi connectivity index (χ1n) is 5.89. The number of aromatic amines is 1. The third-order valence-electron chi connectivity index (χ3n) is 2.96. The van der Waals surface area contributed by atoms with E-state index in [4.69, 9.17) is 4.74 Å². The Hall–Kier alpha value is -1.97. The van der Waals surface area contributed by atoms with Gasteiger partial charge in [0.2, 0.25) is 0 Å². The largest absolute Gasteiger partial charge is 0.497 e. The second-order valence-electron chi connectivity index (χ2n) is 4.23. The summed E-state index contributed by atoms with van der Waals surface area (Å²) >= 11 is 0. The van der Waals surface area contributed by atoms with Crippen molar-refractivity contribution in [1.82, 2.24) is 9.97 Å². The fourth-order valence-electron chi connectivity index (χ4n) is 2.00. The van der Waals surface area contributed by atoms with Gasteiger partial charge in [-0.1, -0.05) is 0 Å². The predicted octanol–water partition coefficient (Wildman–Crippen LogP) is 2.67. The van der Waals surface area contributed by atoms with Crippen molar-refractivity contribution in [1.29, 1.82) is 0 Å². The van der Waals surface area contributed by atoms with E-state index in [-0.39, 0.29) is 6.10 Å². The zero-order valence-electron chi connectivity index (χ0n) is 9.52. The SMILES string of the molecule is C1=COC(CNc2cnc3[nH]ccc3c2)CC1. The first kappa shape index (κ1) is 10.2. The van der Waals surface area contributed by atoms with Gasteiger partial charge in [0.1, 0.15) is 11.8 Å². The highest BCUT2D eigenvalue weighted by atomic mass is 16.5. The fraction of sp³-hybridized carbons (Fsp3) is 0.308. The lowest BCUT2D eigenvalue weighted by atomic mass is 10.1. The third-order valence-corrected chi connectivity index (χ3v) is 2.96. The molecule has 0 radical (unpaired) electrons. The van der Waals surface area contributed by atoms with Crippen LogP contribution in [0.1, 0.15) is 12.8 Å². The summed E-state index contributed by atoms with van der Waals surface area (Å²) in [6, 6.07) is 4.12. The van der Waals surface area contributed by atoms with Gasteiger partial charge in [0.25, 0.3) is 0 Å². The van der Waals surface area contributed by atoms with Crippen molar-refractivity contribution in [2.24, 2.45) is 0 Å². The summed E-state index contributed by atoms with van der Waals surface area (Å²) < 4.78 is 5.50. The first-order valence-corrected chi connectivity index (χ1v) is 5.89. The summed E-state index contributed by atoms with van der Waals surface area (Å²) in [7, 11) is 0. The van der Waals surface area contributed by atoms with E-state index in [1.54, 1.807) is 6.26 Å². The quantitative estimate of drug-likeness (QED) is 0.850. The molecular weight excluding hydrogens is 214 g/mol. The number of fused-ring (bicyclic) bond motifs is 1. The summed E-state index contributed by atoms with van der Waals surface area (Å²) in [5.41, 5.74) is 1.96. The highest BCUT2D eigenvalue weighted by molar-refractivity contribution is 5.78. The van der Waals surface area contributed by atoms with E-state index >= 15 is 0 Å². The van der Waals surface area contributed by atoms with Crippen molar-refractivity contribution in [2.75, 3.05) is 11.9 Å². The number of ether oxygens (including phenoxy) is 1. The van der Waals surface area contributed by atoms with Crippen LogP contribution in [0.15, 0.2) is 36.9 Å². The van der Waals surface area contributed by atoms with Crippen LogP contribution in [-0.2, 0) is 4.74 Å². The van der Waals surface area contributed by atoms with Gasteiger partial charge in [-0.3, -0.25) is 0 Å². The molecule has 1 unspecified atom stereocenters. The molecule has 2 N–H and O–H groups in total. The fourth-order valence-corrected chi connectivity index (χ4v) is 2.00.